The molecule has 2 unspecified atom stereocenters. The van der Waals surface area contributed by atoms with Crippen molar-refractivity contribution in [2.75, 3.05) is 52.7 Å². The van der Waals surface area contributed by atoms with Crippen LogP contribution in [0.3, 0.4) is 0 Å². The molecule has 5 heteroatoms. The lowest BCUT2D eigenvalue weighted by Crippen LogP contribution is -2.53. The van der Waals surface area contributed by atoms with E-state index in [2.05, 4.69) is 46.3 Å². The van der Waals surface area contributed by atoms with Crippen LogP contribution in [0.2, 0.25) is 0 Å². The first kappa shape index (κ1) is 16.8. The normalized spacial score (nSPS) is 20.5. The summed E-state index contributed by atoms with van der Waals surface area (Å²) in [5, 5.41) is 3.44. The van der Waals surface area contributed by atoms with E-state index in [1.54, 1.807) is 4.90 Å². The van der Waals surface area contributed by atoms with Gasteiger partial charge >= 0.3 is 0 Å². The molecule has 0 aromatic heterocycles. The molecule has 1 amide bonds. The molecular weight excluding hydrogens is 276 g/mol. The van der Waals surface area contributed by atoms with E-state index in [9.17, 15) is 4.79 Å². The Morgan fingerprint density at radius 3 is 2.36 bits per heavy atom. The smallest absolute Gasteiger partial charge is 0.244 e. The van der Waals surface area contributed by atoms with Crippen molar-refractivity contribution >= 4 is 11.6 Å². The van der Waals surface area contributed by atoms with Crippen LogP contribution in [0.4, 0.5) is 5.69 Å². The molecule has 122 valence electrons. The first-order chi connectivity index (χ1) is 10.4. The number of nitrogens with one attached hydrogen (secondary N) is 1. The Balaban J connectivity index is 2.29. The third-order valence-corrected chi connectivity index (χ3v) is 4.17. The molecular formula is C17H28N4O. The molecule has 0 bridgehead atoms. The minimum Gasteiger partial charge on any atom is -0.378 e. The maximum absolute atomic E-state index is 12.7. The number of piperazine rings is 1. The van der Waals surface area contributed by atoms with E-state index >= 15 is 0 Å². The molecule has 1 N–H and O–H groups in total. The molecule has 0 radical (unpaired) electrons. The Bertz CT molecular complexity index is 498. The molecule has 22 heavy (non-hydrogen) atoms. The van der Waals surface area contributed by atoms with Crippen molar-refractivity contribution in [3.05, 3.63) is 29.8 Å². The number of rotatable bonds is 4. The predicted octanol–water partition coefficient (Wildman–Crippen LogP) is 1.18. The predicted molar refractivity (Wildman–Crippen MR) is 91.2 cm³/mol. The van der Waals surface area contributed by atoms with E-state index in [0.717, 1.165) is 30.9 Å². The summed E-state index contributed by atoms with van der Waals surface area (Å²) in [5.74, 6) is 0.145. The van der Waals surface area contributed by atoms with E-state index < -0.39 is 0 Å². The van der Waals surface area contributed by atoms with Gasteiger partial charge in [-0.2, -0.15) is 0 Å². The molecule has 1 heterocycles. The number of anilines is 1. The van der Waals surface area contributed by atoms with Crippen LogP contribution >= 0.6 is 0 Å². The Kier molecular flexibility index (Phi) is 5.42. The van der Waals surface area contributed by atoms with Crippen LogP contribution in [0.15, 0.2) is 24.3 Å². The van der Waals surface area contributed by atoms with Crippen molar-refractivity contribution in [1.29, 1.82) is 0 Å². The van der Waals surface area contributed by atoms with Gasteiger partial charge < -0.3 is 15.1 Å². The van der Waals surface area contributed by atoms with E-state index in [4.69, 9.17) is 0 Å². The van der Waals surface area contributed by atoms with Crippen LogP contribution in [-0.4, -0.2) is 69.6 Å². The third-order valence-electron chi connectivity index (χ3n) is 4.17. The number of carbonyl (C=O) groups is 1. The second-order valence-electron chi connectivity index (χ2n) is 6.47. The summed E-state index contributed by atoms with van der Waals surface area (Å²) in [6.45, 7) is 4.87. The van der Waals surface area contributed by atoms with E-state index in [-0.39, 0.29) is 11.9 Å². The zero-order valence-electron chi connectivity index (χ0n) is 14.3. The van der Waals surface area contributed by atoms with Crippen LogP contribution in [0.5, 0.6) is 0 Å². The first-order valence-corrected chi connectivity index (χ1v) is 7.86. The molecule has 0 spiro atoms. The number of nitrogens with zero attached hydrogens (tertiary/aromatic N) is 3. The second-order valence-corrected chi connectivity index (χ2v) is 6.47. The standard InChI is InChI=1S/C17H28N4O/c1-13-12-21(11-10-18-13)16(17(22)20(4)5)14-6-8-15(9-7-14)19(2)3/h6-9,13,16,18H,10-12H2,1-5H3. The Labute approximate surface area is 133 Å². The third kappa shape index (κ3) is 3.78. The minimum atomic E-state index is -0.198. The molecule has 2 rings (SSSR count). The fraction of sp³-hybridized carbons (Fsp3) is 0.588. The first-order valence-electron chi connectivity index (χ1n) is 7.86. The fourth-order valence-electron chi connectivity index (χ4n) is 2.91. The maximum atomic E-state index is 12.7. The summed E-state index contributed by atoms with van der Waals surface area (Å²) in [5.41, 5.74) is 2.21. The quantitative estimate of drug-likeness (QED) is 0.906. The maximum Gasteiger partial charge on any atom is 0.244 e. The number of hydrogen-bond acceptors (Lipinski definition) is 4. The number of benzene rings is 1. The van der Waals surface area contributed by atoms with E-state index in [1.165, 1.54) is 0 Å². The molecule has 5 nitrogen and oxygen atoms in total. The van der Waals surface area contributed by atoms with E-state index in [1.807, 2.05) is 28.2 Å². The SMILES string of the molecule is CC1CN(C(C(=O)N(C)C)c2ccc(N(C)C)cc2)CCN1. The monoisotopic (exact) mass is 304 g/mol. The Morgan fingerprint density at radius 1 is 1.23 bits per heavy atom. The van der Waals surface area contributed by atoms with Gasteiger partial charge in [-0.25, -0.2) is 0 Å². The van der Waals surface area contributed by atoms with Gasteiger partial charge in [0.15, 0.2) is 0 Å². The molecule has 1 saturated heterocycles. The zero-order chi connectivity index (χ0) is 16.3. The van der Waals surface area contributed by atoms with Crippen molar-refractivity contribution in [2.45, 2.75) is 19.0 Å². The molecule has 0 saturated carbocycles. The molecule has 2 atom stereocenters. The number of likely N-dealkylation sites (N-methyl/N-ethyl adjacent to an activating group) is 1. The molecule has 1 aromatic carbocycles. The summed E-state index contributed by atoms with van der Waals surface area (Å²) < 4.78 is 0. The largest absolute Gasteiger partial charge is 0.378 e. The summed E-state index contributed by atoms with van der Waals surface area (Å²) >= 11 is 0. The zero-order valence-corrected chi connectivity index (χ0v) is 14.3. The molecule has 1 aliphatic rings. The Hall–Kier alpha value is -1.59. The van der Waals surface area contributed by atoms with Gasteiger partial charge in [-0.05, 0) is 24.6 Å². The lowest BCUT2D eigenvalue weighted by Gasteiger charge is -2.38. The second kappa shape index (κ2) is 7.11. The van der Waals surface area contributed by atoms with E-state index in [0.29, 0.717) is 6.04 Å². The van der Waals surface area contributed by atoms with Gasteiger partial charge in [0, 0.05) is 59.6 Å². The van der Waals surface area contributed by atoms with Gasteiger partial charge in [0.05, 0.1) is 0 Å². The van der Waals surface area contributed by atoms with Crippen LogP contribution in [0.1, 0.15) is 18.5 Å². The van der Waals surface area contributed by atoms with Crippen molar-refractivity contribution in [3.8, 4) is 0 Å². The van der Waals surface area contributed by atoms with Crippen LogP contribution in [-0.2, 0) is 4.79 Å². The highest BCUT2D eigenvalue weighted by Crippen LogP contribution is 2.26. The minimum absolute atomic E-state index is 0.145. The lowest BCUT2D eigenvalue weighted by atomic mass is 10.0. The number of hydrogen-bond donors (Lipinski definition) is 1. The van der Waals surface area contributed by atoms with Gasteiger partial charge in [-0.3, -0.25) is 9.69 Å². The molecule has 1 aromatic rings. The number of amides is 1. The van der Waals surface area contributed by atoms with Crippen LogP contribution < -0.4 is 10.2 Å². The van der Waals surface area contributed by atoms with Crippen LogP contribution in [0, 0.1) is 0 Å². The van der Waals surface area contributed by atoms with Crippen molar-refractivity contribution in [2.24, 2.45) is 0 Å². The number of carbonyl (C=O) groups excluding carboxylic acids is 1. The van der Waals surface area contributed by atoms with Gasteiger partial charge in [-0.15, -0.1) is 0 Å². The van der Waals surface area contributed by atoms with Crippen molar-refractivity contribution in [3.63, 3.8) is 0 Å². The summed E-state index contributed by atoms with van der Waals surface area (Å²) in [6, 6.07) is 8.53. The van der Waals surface area contributed by atoms with Gasteiger partial charge in [-0.1, -0.05) is 12.1 Å². The summed E-state index contributed by atoms with van der Waals surface area (Å²) in [7, 11) is 7.70. The van der Waals surface area contributed by atoms with Gasteiger partial charge in [0.25, 0.3) is 0 Å². The summed E-state index contributed by atoms with van der Waals surface area (Å²) in [4.78, 5) is 18.8. The average Bonchev–Trinajstić information content (AvgIpc) is 2.48. The molecule has 1 fully saturated rings. The van der Waals surface area contributed by atoms with Crippen LogP contribution in [0.25, 0.3) is 0 Å². The Morgan fingerprint density at radius 2 is 1.86 bits per heavy atom. The van der Waals surface area contributed by atoms with Crippen molar-refractivity contribution < 1.29 is 4.79 Å². The van der Waals surface area contributed by atoms with Crippen molar-refractivity contribution in [1.82, 2.24) is 15.1 Å². The highest BCUT2D eigenvalue weighted by molar-refractivity contribution is 5.83. The topological polar surface area (TPSA) is 38.8 Å². The summed E-state index contributed by atoms with van der Waals surface area (Å²) in [6.07, 6.45) is 0. The lowest BCUT2D eigenvalue weighted by molar-refractivity contribution is -0.135. The fourth-order valence-corrected chi connectivity index (χ4v) is 2.91. The highest BCUT2D eigenvalue weighted by atomic mass is 16.2. The average molecular weight is 304 g/mol. The highest BCUT2D eigenvalue weighted by Gasteiger charge is 2.31. The molecule has 0 aliphatic carbocycles. The van der Waals surface area contributed by atoms with Gasteiger partial charge in [0.1, 0.15) is 6.04 Å². The van der Waals surface area contributed by atoms with Gasteiger partial charge in [0.2, 0.25) is 5.91 Å². The molecule has 1 aliphatic heterocycles.